The Hall–Kier alpha value is -1.04. The zero-order chi connectivity index (χ0) is 15.9. The van der Waals surface area contributed by atoms with Crippen LogP contribution in [0.25, 0.3) is 0 Å². The fraction of sp³-hybridized carbons (Fsp3) is 0.800. The van der Waals surface area contributed by atoms with Crippen LogP contribution in [0.4, 0.5) is 4.79 Å². The summed E-state index contributed by atoms with van der Waals surface area (Å²) in [5.74, 6) is 0.677. The Balaban J connectivity index is 2.23. The van der Waals surface area contributed by atoms with Gasteiger partial charge < -0.3 is 10.6 Å². The number of allylic oxidation sites excluding steroid dienone is 2. The van der Waals surface area contributed by atoms with Gasteiger partial charge >= 0.3 is 6.03 Å². The summed E-state index contributed by atoms with van der Waals surface area (Å²) < 4.78 is 22.4. The first kappa shape index (κ1) is 18.0. The minimum atomic E-state index is -2.96. The van der Waals surface area contributed by atoms with Crippen molar-refractivity contribution >= 4 is 15.9 Å². The fourth-order valence-electron chi connectivity index (χ4n) is 2.21. The molecule has 0 aromatic rings. The number of carbonyl (C=O) groups is 1. The van der Waals surface area contributed by atoms with E-state index >= 15 is 0 Å². The molecule has 0 bridgehead atoms. The molecule has 0 saturated heterocycles. The van der Waals surface area contributed by atoms with Crippen molar-refractivity contribution in [2.45, 2.75) is 39.5 Å². The second-order valence-electron chi connectivity index (χ2n) is 6.76. The summed E-state index contributed by atoms with van der Waals surface area (Å²) in [5, 5.41) is 5.73. The lowest BCUT2D eigenvalue weighted by atomic mass is 9.90. The van der Waals surface area contributed by atoms with Gasteiger partial charge in [0.25, 0.3) is 0 Å². The van der Waals surface area contributed by atoms with E-state index in [0.717, 1.165) is 19.3 Å². The van der Waals surface area contributed by atoms with Gasteiger partial charge in [-0.3, -0.25) is 0 Å². The molecule has 1 aliphatic carbocycles. The molecule has 122 valence electrons. The van der Waals surface area contributed by atoms with Crippen molar-refractivity contribution in [3.8, 4) is 0 Å². The van der Waals surface area contributed by atoms with Crippen molar-refractivity contribution in [1.82, 2.24) is 10.6 Å². The number of carbonyl (C=O) groups excluding carboxylic acids is 1. The van der Waals surface area contributed by atoms with E-state index in [1.807, 2.05) is 13.8 Å². The van der Waals surface area contributed by atoms with Gasteiger partial charge in [-0.2, -0.15) is 0 Å². The molecule has 2 amide bonds. The van der Waals surface area contributed by atoms with Crippen molar-refractivity contribution in [3.63, 3.8) is 0 Å². The van der Waals surface area contributed by atoms with E-state index < -0.39 is 9.84 Å². The van der Waals surface area contributed by atoms with E-state index in [1.165, 1.54) is 6.26 Å². The monoisotopic (exact) mass is 316 g/mol. The maximum Gasteiger partial charge on any atom is 0.314 e. The first-order valence-corrected chi connectivity index (χ1v) is 9.58. The van der Waals surface area contributed by atoms with Crippen LogP contribution >= 0.6 is 0 Å². The number of amides is 2. The van der Waals surface area contributed by atoms with Crippen molar-refractivity contribution in [2.24, 2.45) is 11.3 Å². The third-order valence-corrected chi connectivity index (χ3v) is 4.75. The smallest absolute Gasteiger partial charge is 0.314 e. The summed E-state index contributed by atoms with van der Waals surface area (Å²) in [4.78, 5) is 11.8. The minimum absolute atomic E-state index is 0.151. The van der Waals surface area contributed by atoms with Crippen molar-refractivity contribution in [3.05, 3.63) is 12.2 Å². The molecule has 0 unspecified atom stereocenters. The molecule has 1 atom stereocenters. The molecule has 0 aliphatic heterocycles. The zero-order valence-electron chi connectivity index (χ0n) is 13.3. The highest BCUT2D eigenvalue weighted by atomic mass is 32.2. The number of hydrogen-bond acceptors (Lipinski definition) is 3. The zero-order valence-corrected chi connectivity index (χ0v) is 14.1. The van der Waals surface area contributed by atoms with Crippen LogP contribution < -0.4 is 10.6 Å². The number of hydrogen-bond donors (Lipinski definition) is 2. The van der Waals surface area contributed by atoms with E-state index in [2.05, 4.69) is 22.8 Å². The Kier molecular flexibility index (Phi) is 6.71. The molecule has 1 aliphatic rings. The number of nitrogens with one attached hydrogen (secondary N) is 2. The van der Waals surface area contributed by atoms with Gasteiger partial charge in [-0.15, -0.1) is 0 Å². The van der Waals surface area contributed by atoms with Gasteiger partial charge in [-0.05, 0) is 37.0 Å². The summed E-state index contributed by atoms with van der Waals surface area (Å²) in [6.07, 6.45) is 9.37. The second-order valence-corrected chi connectivity index (χ2v) is 9.02. The van der Waals surface area contributed by atoms with Crippen molar-refractivity contribution in [1.29, 1.82) is 0 Å². The largest absolute Gasteiger partial charge is 0.338 e. The highest BCUT2D eigenvalue weighted by Crippen LogP contribution is 2.20. The molecule has 0 aromatic heterocycles. The Bertz CT molecular complexity index is 469. The van der Waals surface area contributed by atoms with Crippen LogP contribution in [0.5, 0.6) is 0 Å². The average Bonchev–Trinajstić information content (AvgIpc) is 2.41. The molecule has 0 heterocycles. The molecule has 0 aromatic carbocycles. The maximum atomic E-state index is 11.8. The molecular formula is C15H28N2O3S. The molecule has 1 rings (SSSR count). The third kappa shape index (κ3) is 8.75. The summed E-state index contributed by atoms with van der Waals surface area (Å²) in [6.45, 7) is 5.09. The van der Waals surface area contributed by atoms with Crippen LogP contribution in [0.1, 0.15) is 39.5 Å². The lowest BCUT2D eigenvalue weighted by molar-refractivity contribution is 0.230. The third-order valence-electron chi connectivity index (χ3n) is 3.81. The maximum absolute atomic E-state index is 11.8. The van der Waals surface area contributed by atoms with Crippen molar-refractivity contribution in [2.75, 3.05) is 25.1 Å². The number of sulfone groups is 1. The Labute approximate surface area is 128 Å². The predicted molar refractivity (Wildman–Crippen MR) is 86.0 cm³/mol. The van der Waals surface area contributed by atoms with Crippen molar-refractivity contribution < 1.29 is 13.2 Å². The van der Waals surface area contributed by atoms with E-state index in [0.29, 0.717) is 25.4 Å². The number of rotatable bonds is 7. The summed E-state index contributed by atoms with van der Waals surface area (Å²) >= 11 is 0. The molecule has 0 spiro atoms. The average molecular weight is 316 g/mol. The molecule has 5 nitrogen and oxygen atoms in total. The van der Waals surface area contributed by atoms with Crippen LogP contribution in [0.15, 0.2) is 12.2 Å². The van der Waals surface area contributed by atoms with Gasteiger partial charge in [0, 0.05) is 19.3 Å². The molecule has 0 radical (unpaired) electrons. The lowest BCUT2D eigenvalue weighted by Gasteiger charge is -2.25. The van der Waals surface area contributed by atoms with Gasteiger partial charge in [-0.1, -0.05) is 26.0 Å². The SMILES string of the molecule is CC(C)(CCS(C)(=O)=O)CNC(=O)NC[C@H]1CC=CCC1. The van der Waals surface area contributed by atoms with Gasteiger partial charge in [0.05, 0.1) is 5.75 Å². The molecular weight excluding hydrogens is 288 g/mol. The highest BCUT2D eigenvalue weighted by molar-refractivity contribution is 7.90. The quantitative estimate of drug-likeness (QED) is 0.706. The molecule has 0 saturated carbocycles. The molecule has 2 N–H and O–H groups in total. The Morgan fingerprint density at radius 1 is 1.29 bits per heavy atom. The van der Waals surface area contributed by atoms with Crippen LogP contribution in [-0.4, -0.2) is 39.5 Å². The number of urea groups is 1. The Morgan fingerprint density at radius 2 is 2.00 bits per heavy atom. The first-order valence-electron chi connectivity index (χ1n) is 7.52. The first-order chi connectivity index (χ1) is 9.68. The second kappa shape index (κ2) is 7.82. The Morgan fingerprint density at radius 3 is 2.57 bits per heavy atom. The topological polar surface area (TPSA) is 75.3 Å². The molecule has 21 heavy (non-hydrogen) atoms. The van der Waals surface area contributed by atoms with E-state index in [1.54, 1.807) is 0 Å². The highest BCUT2D eigenvalue weighted by Gasteiger charge is 2.21. The normalized spacial score (nSPS) is 19.3. The lowest BCUT2D eigenvalue weighted by Crippen LogP contribution is -2.42. The van der Waals surface area contributed by atoms with Gasteiger partial charge in [-0.25, -0.2) is 13.2 Å². The predicted octanol–water partition coefficient (Wildman–Crippen LogP) is 2.10. The van der Waals surface area contributed by atoms with Gasteiger partial charge in [0.15, 0.2) is 0 Å². The van der Waals surface area contributed by atoms with Crippen LogP contribution in [0, 0.1) is 11.3 Å². The van der Waals surface area contributed by atoms with Crippen LogP contribution in [-0.2, 0) is 9.84 Å². The summed E-state index contributed by atoms with van der Waals surface area (Å²) in [6, 6.07) is -0.169. The molecule has 0 fully saturated rings. The summed E-state index contributed by atoms with van der Waals surface area (Å²) in [7, 11) is -2.96. The van der Waals surface area contributed by atoms with E-state index in [4.69, 9.17) is 0 Å². The minimum Gasteiger partial charge on any atom is -0.338 e. The van der Waals surface area contributed by atoms with E-state index in [-0.39, 0.29) is 17.2 Å². The van der Waals surface area contributed by atoms with Gasteiger partial charge in [0.1, 0.15) is 9.84 Å². The fourth-order valence-corrected chi connectivity index (χ4v) is 3.13. The van der Waals surface area contributed by atoms with Gasteiger partial charge in [0.2, 0.25) is 0 Å². The van der Waals surface area contributed by atoms with Crippen LogP contribution in [0.3, 0.4) is 0 Å². The summed E-state index contributed by atoms with van der Waals surface area (Å²) in [5.41, 5.74) is -0.228. The van der Waals surface area contributed by atoms with E-state index in [9.17, 15) is 13.2 Å². The molecule has 6 heteroatoms. The van der Waals surface area contributed by atoms with Crippen LogP contribution in [0.2, 0.25) is 0 Å². The standard InChI is InChI=1S/C15H28N2O3S/c1-15(2,9-10-21(3,19)20)12-17-14(18)16-11-13-7-5-4-6-8-13/h4-5,13H,6-12H2,1-3H3,(H2,16,17,18)/t13-/m0/s1.